The number of nitrogens with zero attached hydrogens (tertiary/aromatic N) is 1. The monoisotopic (exact) mass is 325 g/mol. The van der Waals surface area contributed by atoms with Gasteiger partial charge in [-0.25, -0.2) is 13.1 Å². The highest BCUT2D eigenvalue weighted by Crippen LogP contribution is 2.11. The number of rotatable bonds is 6. The van der Waals surface area contributed by atoms with Crippen molar-refractivity contribution in [1.82, 2.24) is 14.9 Å². The zero-order valence-corrected chi connectivity index (χ0v) is 13.7. The summed E-state index contributed by atoms with van der Waals surface area (Å²) in [6.45, 7) is 3.22. The van der Waals surface area contributed by atoms with Crippen LogP contribution in [0.4, 0.5) is 0 Å². The van der Waals surface area contributed by atoms with Gasteiger partial charge in [0, 0.05) is 25.7 Å². The van der Waals surface area contributed by atoms with E-state index in [9.17, 15) is 13.2 Å². The molecular formula is C15H23N3O3S. The van der Waals surface area contributed by atoms with Gasteiger partial charge < -0.3 is 10.2 Å². The lowest BCUT2D eigenvalue weighted by molar-refractivity contribution is 0.0963. The first kappa shape index (κ1) is 16.9. The van der Waals surface area contributed by atoms with Crippen molar-refractivity contribution in [2.75, 3.05) is 33.2 Å². The fourth-order valence-corrected chi connectivity index (χ4v) is 3.56. The van der Waals surface area contributed by atoms with Gasteiger partial charge in [-0.05, 0) is 50.2 Å². The molecule has 0 atom stereocenters. The molecular weight excluding hydrogens is 302 g/mol. The second-order valence-electron chi connectivity index (χ2n) is 5.40. The van der Waals surface area contributed by atoms with Gasteiger partial charge >= 0.3 is 0 Å². The van der Waals surface area contributed by atoms with E-state index >= 15 is 0 Å². The van der Waals surface area contributed by atoms with E-state index in [0.29, 0.717) is 12.1 Å². The molecule has 1 saturated heterocycles. The number of likely N-dealkylation sites (tertiary alicyclic amines) is 1. The number of carbonyl (C=O) groups excluding carboxylic acids is 1. The fourth-order valence-electron chi connectivity index (χ4n) is 2.53. The summed E-state index contributed by atoms with van der Waals surface area (Å²) in [5.41, 5.74) is 0.440. The molecule has 122 valence electrons. The molecule has 1 aromatic carbocycles. The molecule has 1 amide bonds. The van der Waals surface area contributed by atoms with Crippen molar-refractivity contribution in [1.29, 1.82) is 0 Å². The topological polar surface area (TPSA) is 78.5 Å². The zero-order chi connectivity index (χ0) is 16.0. The van der Waals surface area contributed by atoms with E-state index in [2.05, 4.69) is 14.9 Å². The third-order valence-corrected chi connectivity index (χ3v) is 5.30. The molecule has 0 aromatic heterocycles. The van der Waals surface area contributed by atoms with E-state index in [4.69, 9.17) is 0 Å². The summed E-state index contributed by atoms with van der Waals surface area (Å²) >= 11 is 0. The molecule has 1 heterocycles. The molecule has 6 nitrogen and oxygen atoms in total. The minimum Gasteiger partial charge on any atom is -0.355 e. The molecule has 1 aliphatic rings. The molecule has 22 heavy (non-hydrogen) atoms. The van der Waals surface area contributed by atoms with Crippen LogP contribution in [0.1, 0.15) is 29.6 Å². The van der Waals surface area contributed by atoms with Crippen molar-refractivity contribution < 1.29 is 13.2 Å². The highest BCUT2D eigenvalue weighted by atomic mass is 32.2. The lowest BCUT2D eigenvalue weighted by Crippen LogP contribution is -2.37. The maximum Gasteiger partial charge on any atom is 0.251 e. The molecule has 0 bridgehead atoms. The summed E-state index contributed by atoms with van der Waals surface area (Å²) in [6.07, 6.45) is 3.64. The smallest absolute Gasteiger partial charge is 0.251 e. The Kier molecular flexibility index (Phi) is 5.93. The Morgan fingerprint density at radius 2 is 1.77 bits per heavy atom. The Bertz CT molecular complexity index is 593. The van der Waals surface area contributed by atoms with Crippen LogP contribution in [0.25, 0.3) is 0 Å². The summed E-state index contributed by atoms with van der Waals surface area (Å²) in [4.78, 5) is 13.9. The van der Waals surface area contributed by atoms with E-state index in [1.165, 1.54) is 50.6 Å². The first-order valence-corrected chi connectivity index (χ1v) is 9.05. The van der Waals surface area contributed by atoms with E-state index in [-0.39, 0.29) is 10.8 Å². The Morgan fingerprint density at radius 1 is 1.14 bits per heavy atom. The summed E-state index contributed by atoms with van der Waals surface area (Å²) < 4.78 is 27.0. The van der Waals surface area contributed by atoms with Gasteiger partial charge in [-0.2, -0.15) is 0 Å². The minimum atomic E-state index is -3.52. The molecule has 2 rings (SSSR count). The predicted octanol–water partition coefficient (Wildman–Crippen LogP) is 0.810. The van der Waals surface area contributed by atoms with Crippen LogP contribution in [0.15, 0.2) is 29.2 Å². The Hall–Kier alpha value is -1.44. The van der Waals surface area contributed by atoms with E-state index in [1.54, 1.807) is 0 Å². The number of hydrogen-bond donors (Lipinski definition) is 2. The van der Waals surface area contributed by atoms with Crippen LogP contribution in [-0.4, -0.2) is 52.5 Å². The van der Waals surface area contributed by atoms with Crippen LogP contribution >= 0.6 is 0 Å². The second kappa shape index (κ2) is 7.71. The van der Waals surface area contributed by atoms with Gasteiger partial charge in [0.05, 0.1) is 4.90 Å². The lowest BCUT2D eigenvalue weighted by atomic mass is 10.1. The number of sulfonamides is 1. The standard InChI is InChI=1S/C15H23N3O3S/c1-16-15(19)13-5-7-14(8-6-13)22(20,21)17-9-12-18-10-3-2-4-11-18/h5-8,17H,2-4,9-12H2,1H3,(H,16,19). The number of hydrogen-bond acceptors (Lipinski definition) is 4. The van der Waals surface area contributed by atoms with Crippen LogP contribution in [0.5, 0.6) is 0 Å². The highest BCUT2D eigenvalue weighted by Gasteiger charge is 2.16. The second-order valence-corrected chi connectivity index (χ2v) is 7.17. The van der Waals surface area contributed by atoms with Gasteiger partial charge in [-0.1, -0.05) is 6.42 Å². The largest absolute Gasteiger partial charge is 0.355 e. The van der Waals surface area contributed by atoms with Crippen LogP contribution in [0, 0.1) is 0 Å². The van der Waals surface area contributed by atoms with Crippen LogP contribution in [0.3, 0.4) is 0 Å². The summed E-state index contributed by atoms with van der Waals surface area (Å²) in [7, 11) is -1.98. The quantitative estimate of drug-likeness (QED) is 0.811. The molecule has 2 N–H and O–H groups in total. The molecule has 0 spiro atoms. The Morgan fingerprint density at radius 3 is 2.36 bits per heavy atom. The van der Waals surface area contributed by atoms with Crippen LogP contribution in [-0.2, 0) is 10.0 Å². The number of nitrogens with one attached hydrogen (secondary N) is 2. The highest BCUT2D eigenvalue weighted by molar-refractivity contribution is 7.89. The van der Waals surface area contributed by atoms with Gasteiger partial charge in [0.2, 0.25) is 10.0 Å². The number of amides is 1. The van der Waals surface area contributed by atoms with Gasteiger partial charge in [0.1, 0.15) is 0 Å². The predicted molar refractivity (Wildman–Crippen MR) is 85.3 cm³/mol. The molecule has 0 radical (unpaired) electrons. The van der Waals surface area contributed by atoms with Crippen molar-refractivity contribution >= 4 is 15.9 Å². The van der Waals surface area contributed by atoms with Gasteiger partial charge in [0.15, 0.2) is 0 Å². The fraction of sp³-hybridized carbons (Fsp3) is 0.533. The average Bonchev–Trinajstić information content (AvgIpc) is 2.55. The zero-order valence-electron chi connectivity index (χ0n) is 12.8. The molecule has 0 aliphatic carbocycles. The Balaban J connectivity index is 1.90. The number of carbonyl (C=O) groups is 1. The first-order chi connectivity index (χ1) is 10.5. The molecule has 1 aromatic rings. The normalized spacial score (nSPS) is 16.4. The van der Waals surface area contributed by atoms with Crippen molar-refractivity contribution in [2.45, 2.75) is 24.2 Å². The summed E-state index contributed by atoms with van der Waals surface area (Å²) in [5, 5.41) is 2.50. The number of piperidine rings is 1. The molecule has 7 heteroatoms. The van der Waals surface area contributed by atoms with Crippen molar-refractivity contribution in [3.63, 3.8) is 0 Å². The minimum absolute atomic E-state index is 0.179. The van der Waals surface area contributed by atoms with Gasteiger partial charge in [-0.3, -0.25) is 4.79 Å². The van der Waals surface area contributed by atoms with Crippen LogP contribution in [0.2, 0.25) is 0 Å². The van der Waals surface area contributed by atoms with Crippen molar-refractivity contribution in [3.8, 4) is 0 Å². The lowest BCUT2D eigenvalue weighted by Gasteiger charge is -2.26. The van der Waals surface area contributed by atoms with Gasteiger partial charge in [-0.15, -0.1) is 0 Å². The van der Waals surface area contributed by atoms with Crippen LogP contribution < -0.4 is 10.0 Å². The summed E-state index contributed by atoms with van der Waals surface area (Å²) in [5.74, 6) is -0.234. The van der Waals surface area contributed by atoms with Gasteiger partial charge in [0.25, 0.3) is 5.91 Å². The molecule has 0 saturated carbocycles. The SMILES string of the molecule is CNC(=O)c1ccc(S(=O)(=O)NCCN2CCCCC2)cc1. The first-order valence-electron chi connectivity index (χ1n) is 7.57. The maximum atomic E-state index is 12.2. The van der Waals surface area contributed by atoms with E-state index in [0.717, 1.165) is 19.6 Å². The number of benzene rings is 1. The Labute approximate surface area is 131 Å². The maximum absolute atomic E-state index is 12.2. The van der Waals surface area contributed by atoms with E-state index < -0.39 is 10.0 Å². The molecule has 1 fully saturated rings. The third-order valence-electron chi connectivity index (χ3n) is 3.82. The molecule has 0 unspecified atom stereocenters. The average molecular weight is 325 g/mol. The van der Waals surface area contributed by atoms with Crippen molar-refractivity contribution in [3.05, 3.63) is 29.8 Å². The van der Waals surface area contributed by atoms with Crippen molar-refractivity contribution in [2.24, 2.45) is 0 Å². The molecule has 1 aliphatic heterocycles. The van der Waals surface area contributed by atoms with E-state index in [1.807, 2.05) is 0 Å². The third kappa shape index (κ3) is 4.53. The summed E-state index contributed by atoms with van der Waals surface area (Å²) in [6, 6.07) is 5.93.